The van der Waals surface area contributed by atoms with Crippen LogP contribution in [0.25, 0.3) is 0 Å². The molecule has 1 aliphatic heterocycles. The highest BCUT2D eigenvalue weighted by atomic mass is 32.1. The van der Waals surface area contributed by atoms with Crippen LogP contribution in [0.1, 0.15) is 37.8 Å². The summed E-state index contributed by atoms with van der Waals surface area (Å²) in [6, 6.07) is 7.02. The number of hydrogen-bond donors (Lipinski definition) is 1. The minimum atomic E-state index is 0.485. The number of thiocarbonyl (C=S) groups is 1. The normalized spacial score (nSPS) is 24.1. The summed E-state index contributed by atoms with van der Waals surface area (Å²) in [7, 11) is 0. The third kappa shape index (κ3) is 2.51. The average Bonchev–Trinajstić information content (AvgIpc) is 2.32. The Morgan fingerprint density at radius 3 is 2.72 bits per heavy atom. The first-order chi connectivity index (χ1) is 8.50. The van der Waals surface area contributed by atoms with Crippen molar-refractivity contribution in [2.75, 3.05) is 11.4 Å². The lowest BCUT2D eigenvalue weighted by molar-refractivity contribution is 0.363. The maximum absolute atomic E-state index is 5.71. The molecule has 0 spiro atoms. The van der Waals surface area contributed by atoms with E-state index in [9.17, 15) is 0 Å². The van der Waals surface area contributed by atoms with Crippen molar-refractivity contribution in [3.05, 3.63) is 29.3 Å². The van der Waals surface area contributed by atoms with Crippen LogP contribution in [-0.2, 0) is 0 Å². The smallest absolute Gasteiger partial charge is 0.104 e. The molecule has 1 aliphatic rings. The number of rotatable bonds is 2. The summed E-state index contributed by atoms with van der Waals surface area (Å²) >= 11 is 5.06. The van der Waals surface area contributed by atoms with Crippen molar-refractivity contribution in [1.82, 2.24) is 0 Å². The molecule has 0 saturated carbocycles. The molecule has 1 fully saturated rings. The van der Waals surface area contributed by atoms with Gasteiger partial charge in [0.25, 0.3) is 0 Å². The van der Waals surface area contributed by atoms with Crippen molar-refractivity contribution in [2.45, 2.75) is 39.7 Å². The Bertz CT molecular complexity index is 456. The van der Waals surface area contributed by atoms with Crippen LogP contribution in [0.15, 0.2) is 18.2 Å². The van der Waals surface area contributed by atoms with E-state index in [1.807, 2.05) is 0 Å². The molecule has 2 N–H and O–H groups in total. The summed E-state index contributed by atoms with van der Waals surface area (Å²) in [5, 5.41) is 0. The van der Waals surface area contributed by atoms with Crippen LogP contribution in [-0.4, -0.2) is 17.6 Å². The third-order valence-electron chi connectivity index (χ3n) is 4.18. The Morgan fingerprint density at radius 2 is 2.11 bits per heavy atom. The summed E-state index contributed by atoms with van der Waals surface area (Å²) in [5.74, 6) is 0.759. The van der Waals surface area contributed by atoms with Gasteiger partial charge in [-0.1, -0.05) is 19.1 Å². The Morgan fingerprint density at radius 1 is 1.39 bits per heavy atom. The molecular formula is C15H22N2S. The van der Waals surface area contributed by atoms with Gasteiger partial charge in [0.05, 0.1) is 0 Å². The highest BCUT2D eigenvalue weighted by Crippen LogP contribution is 2.29. The van der Waals surface area contributed by atoms with Crippen LogP contribution in [0.2, 0.25) is 0 Å². The Balaban J connectivity index is 2.28. The molecule has 1 aromatic carbocycles. The van der Waals surface area contributed by atoms with Crippen molar-refractivity contribution in [3.8, 4) is 0 Å². The van der Waals surface area contributed by atoms with Gasteiger partial charge in [-0.05, 0) is 56.4 Å². The number of anilines is 1. The zero-order valence-electron chi connectivity index (χ0n) is 11.4. The Kier molecular flexibility index (Phi) is 3.91. The molecule has 0 bridgehead atoms. The molecule has 2 rings (SSSR count). The molecule has 98 valence electrons. The summed E-state index contributed by atoms with van der Waals surface area (Å²) < 4.78 is 0. The number of piperidine rings is 1. The molecule has 0 aromatic heterocycles. The minimum absolute atomic E-state index is 0.485. The zero-order chi connectivity index (χ0) is 13.3. The highest BCUT2D eigenvalue weighted by molar-refractivity contribution is 7.80. The second-order valence-corrected chi connectivity index (χ2v) is 5.86. The fourth-order valence-electron chi connectivity index (χ4n) is 2.80. The molecule has 2 atom stereocenters. The topological polar surface area (TPSA) is 29.3 Å². The van der Waals surface area contributed by atoms with E-state index in [1.54, 1.807) is 0 Å². The molecule has 2 unspecified atom stereocenters. The van der Waals surface area contributed by atoms with Crippen molar-refractivity contribution in [1.29, 1.82) is 0 Å². The molecule has 1 aromatic rings. The molecule has 0 radical (unpaired) electrons. The van der Waals surface area contributed by atoms with E-state index < -0.39 is 0 Å². The average molecular weight is 262 g/mol. The van der Waals surface area contributed by atoms with Gasteiger partial charge in [0.2, 0.25) is 0 Å². The van der Waals surface area contributed by atoms with Crippen molar-refractivity contribution < 1.29 is 0 Å². The predicted octanol–water partition coefficient (Wildman–Crippen LogP) is 3.25. The van der Waals surface area contributed by atoms with E-state index in [1.165, 1.54) is 24.1 Å². The number of benzene rings is 1. The summed E-state index contributed by atoms with van der Waals surface area (Å²) in [6.07, 6.45) is 2.61. The van der Waals surface area contributed by atoms with Crippen LogP contribution in [0, 0.1) is 12.8 Å². The van der Waals surface area contributed by atoms with Crippen LogP contribution >= 0.6 is 12.2 Å². The Labute approximate surface area is 115 Å². The van der Waals surface area contributed by atoms with Gasteiger partial charge in [-0.3, -0.25) is 0 Å². The van der Waals surface area contributed by atoms with Gasteiger partial charge in [-0.15, -0.1) is 0 Å². The van der Waals surface area contributed by atoms with E-state index in [0.29, 0.717) is 11.0 Å². The minimum Gasteiger partial charge on any atom is -0.389 e. The van der Waals surface area contributed by atoms with Gasteiger partial charge >= 0.3 is 0 Å². The van der Waals surface area contributed by atoms with E-state index in [4.69, 9.17) is 18.0 Å². The first-order valence-electron chi connectivity index (χ1n) is 6.68. The Hall–Kier alpha value is -1.09. The standard InChI is InChI=1S/C15H22N2S/c1-10-5-4-8-17(12(10)3)13-6-7-14(15(16)18)11(2)9-13/h6-7,9-10,12H,4-5,8H2,1-3H3,(H2,16,18). The molecule has 1 saturated heterocycles. The second-order valence-electron chi connectivity index (χ2n) is 5.42. The van der Waals surface area contributed by atoms with E-state index in [0.717, 1.165) is 18.0 Å². The molecule has 0 amide bonds. The maximum atomic E-state index is 5.71. The van der Waals surface area contributed by atoms with Crippen LogP contribution in [0.3, 0.4) is 0 Å². The first kappa shape index (κ1) is 13.3. The highest BCUT2D eigenvalue weighted by Gasteiger charge is 2.24. The molecule has 3 heteroatoms. The van der Waals surface area contributed by atoms with Crippen LogP contribution in [0.5, 0.6) is 0 Å². The van der Waals surface area contributed by atoms with Gasteiger partial charge in [0.15, 0.2) is 0 Å². The SMILES string of the molecule is Cc1cc(N2CCCC(C)C2C)ccc1C(N)=S. The second kappa shape index (κ2) is 5.27. The number of nitrogens with two attached hydrogens (primary N) is 1. The van der Waals surface area contributed by atoms with Gasteiger partial charge in [0, 0.05) is 23.8 Å². The maximum Gasteiger partial charge on any atom is 0.104 e. The quantitative estimate of drug-likeness (QED) is 0.830. The largest absolute Gasteiger partial charge is 0.389 e. The number of nitrogens with zero attached hydrogens (tertiary/aromatic N) is 1. The molecule has 0 aliphatic carbocycles. The van der Waals surface area contributed by atoms with Crippen molar-refractivity contribution in [3.63, 3.8) is 0 Å². The molecule has 1 heterocycles. The van der Waals surface area contributed by atoms with Crippen LogP contribution < -0.4 is 10.6 Å². The van der Waals surface area contributed by atoms with Crippen LogP contribution in [0.4, 0.5) is 5.69 Å². The predicted molar refractivity (Wildman–Crippen MR) is 82.3 cm³/mol. The molecular weight excluding hydrogens is 240 g/mol. The monoisotopic (exact) mass is 262 g/mol. The van der Waals surface area contributed by atoms with E-state index in [2.05, 4.69) is 43.9 Å². The fraction of sp³-hybridized carbons (Fsp3) is 0.533. The lowest BCUT2D eigenvalue weighted by atomic mass is 9.91. The zero-order valence-corrected chi connectivity index (χ0v) is 12.3. The van der Waals surface area contributed by atoms with E-state index >= 15 is 0 Å². The number of hydrogen-bond acceptors (Lipinski definition) is 2. The molecule has 2 nitrogen and oxygen atoms in total. The molecule has 18 heavy (non-hydrogen) atoms. The van der Waals surface area contributed by atoms with Gasteiger partial charge in [-0.25, -0.2) is 0 Å². The van der Waals surface area contributed by atoms with Crippen molar-refractivity contribution in [2.24, 2.45) is 11.7 Å². The lowest BCUT2D eigenvalue weighted by Crippen LogP contribution is -2.42. The van der Waals surface area contributed by atoms with Gasteiger partial charge in [-0.2, -0.15) is 0 Å². The summed E-state index contributed by atoms with van der Waals surface area (Å²) in [6.45, 7) is 7.89. The van der Waals surface area contributed by atoms with Gasteiger partial charge < -0.3 is 10.6 Å². The first-order valence-corrected chi connectivity index (χ1v) is 7.08. The van der Waals surface area contributed by atoms with E-state index in [-0.39, 0.29) is 0 Å². The summed E-state index contributed by atoms with van der Waals surface area (Å²) in [4.78, 5) is 2.99. The fourth-order valence-corrected chi connectivity index (χ4v) is 3.03. The summed E-state index contributed by atoms with van der Waals surface area (Å²) in [5.41, 5.74) is 9.17. The third-order valence-corrected chi connectivity index (χ3v) is 4.40. The van der Waals surface area contributed by atoms with Gasteiger partial charge in [0.1, 0.15) is 4.99 Å². The lowest BCUT2D eigenvalue weighted by Gasteiger charge is -2.40. The number of aryl methyl sites for hydroxylation is 1. The van der Waals surface area contributed by atoms with Crippen molar-refractivity contribution >= 4 is 22.9 Å².